The molecule has 11 aromatic carbocycles. The Morgan fingerprint density at radius 3 is 1.47 bits per heavy atom. The van der Waals surface area contributed by atoms with Gasteiger partial charge in [0.1, 0.15) is 5.82 Å². The maximum Gasteiger partial charge on any atom is 0.141 e. The minimum atomic E-state index is 0.862. The van der Waals surface area contributed by atoms with E-state index in [2.05, 4.69) is 200 Å². The van der Waals surface area contributed by atoms with Crippen LogP contribution in [0.2, 0.25) is 0 Å². The van der Waals surface area contributed by atoms with Crippen LogP contribution in [-0.4, -0.2) is 9.55 Å². The summed E-state index contributed by atoms with van der Waals surface area (Å²) in [7, 11) is 0. The SMILES string of the molecule is CCn1c(-c2ccc(-c3c4ccccc4c(-c4cc5ccc6cccc7c8ccccc8c8ccccc8c(c4)c5c67)c4ccccc34)cc2)nc2ccccc21. The van der Waals surface area contributed by atoms with Gasteiger partial charge < -0.3 is 4.57 Å². The van der Waals surface area contributed by atoms with E-state index in [0.717, 1.165) is 23.4 Å². The fraction of sp³-hybridized carbons (Fsp3) is 0.0364. The van der Waals surface area contributed by atoms with Gasteiger partial charge in [0.2, 0.25) is 0 Å². The van der Waals surface area contributed by atoms with Gasteiger partial charge in [-0.25, -0.2) is 4.98 Å². The molecule has 0 N–H and O–H groups in total. The van der Waals surface area contributed by atoms with Crippen LogP contribution in [0.15, 0.2) is 188 Å². The van der Waals surface area contributed by atoms with Crippen LogP contribution in [-0.2, 0) is 6.54 Å². The number of para-hydroxylation sites is 2. The predicted molar refractivity (Wildman–Crippen MR) is 244 cm³/mol. The van der Waals surface area contributed by atoms with Crippen molar-refractivity contribution in [2.24, 2.45) is 0 Å². The van der Waals surface area contributed by atoms with Crippen LogP contribution >= 0.6 is 0 Å². The Hall–Kier alpha value is -7.29. The van der Waals surface area contributed by atoms with Gasteiger partial charge in [-0.15, -0.1) is 0 Å². The van der Waals surface area contributed by atoms with Gasteiger partial charge >= 0.3 is 0 Å². The number of benzene rings is 10. The van der Waals surface area contributed by atoms with Crippen molar-refractivity contribution in [3.05, 3.63) is 188 Å². The molecule has 1 aromatic heterocycles. The highest BCUT2D eigenvalue weighted by atomic mass is 15.1. The molecule has 2 heteroatoms. The smallest absolute Gasteiger partial charge is 0.141 e. The van der Waals surface area contributed by atoms with Crippen molar-refractivity contribution in [2.45, 2.75) is 13.5 Å². The van der Waals surface area contributed by atoms with E-state index in [4.69, 9.17) is 4.98 Å². The van der Waals surface area contributed by atoms with Gasteiger partial charge in [0.15, 0.2) is 0 Å². The number of aromatic nitrogens is 2. The summed E-state index contributed by atoms with van der Waals surface area (Å²) >= 11 is 0. The molecule has 0 radical (unpaired) electrons. The predicted octanol–water partition coefficient (Wildman–Crippen LogP) is 15.1. The van der Waals surface area contributed by atoms with Crippen LogP contribution < -0.4 is 0 Å². The Morgan fingerprint density at radius 2 is 0.842 bits per heavy atom. The van der Waals surface area contributed by atoms with E-state index in [1.807, 2.05) is 0 Å². The molecule has 12 aromatic rings. The maximum atomic E-state index is 5.06. The average molecular weight is 725 g/mol. The zero-order valence-corrected chi connectivity index (χ0v) is 31.5. The molecule has 57 heavy (non-hydrogen) atoms. The first kappa shape index (κ1) is 32.0. The quantitative estimate of drug-likeness (QED) is 0.131. The van der Waals surface area contributed by atoms with E-state index in [-0.39, 0.29) is 0 Å². The van der Waals surface area contributed by atoms with Crippen molar-refractivity contribution in [3.8, 4) is 33.6 Å². The van der Waals surface area contributed by atoms with E-state index in [1.165, 1.54) is 103 Å². The second-order valence-electron chi connectivity index (χ2n) is 15.3. The van der Waals surface area contributed by atoms with E-state index < -0.39 is 0 Å². The number of nitrogens with zero attached hydrogens (tertiary/aromatic N) is 2. The topological polar surface area (TPSA) is 17.8 Å². The first-order valence-corrected chi connectivity index (χ1v) is 19.9. The molecule has 0 aliphatic heterocycles. The molecule has 0 aliphatic carbocycles. The molecular formula is C55H36N2. The van der Waals surface area contributed by atoms with E-state index in [0.29, 0.717) is 0 Å². The fourth-order valence-corrected chi connectivity index (χ4v) is 9.88. The van der Waals surface area contributed by atoms with Crippen molar-refractivity contribution in [1.29, 1.82) is 0 Å². The van der Waals surface area contributed by atoms with Gasteiger partial charge in [-0.2, -0.15) is 0 Å². The van der Waals surface area contributed by atoms with E-state index >= 15 is 0 Å². The van der Waals surface area contributed by atoms with Gasteiger partial charge in [0, 0.05) is 12.1 Å². The number of fused-ring (bicyclic) bond motifs is 8. The molecule has 0 saturated heterocycles. The first-order chi connectivity index (χ1) is 28.2. The van der Waals surface area contributed by atoms with Crippen molar-refractivity contribution in [3.63, 3.8) is 0 Å². The summed E-state index contributed by atoms with van der Waals surface area (Å²) in [4.78, 5) is 5.06. The Kier molecular flexibility index (Phi) is 6.94. The highest BCUT2D eigenvalue weighted by Crippen LogP contribution is 2.47. The summed E-state index contributed by atoms with van der Waals surface area (Å²) in [5, 5.41) is 17.8. The minimum Gasteiger partial charge on any atom is -0.324 e. The lowest BCUT2D eigenvalue weighted by atomic mass is 9.84. The number of imidazole rings is 1. The molecule has 1 heterocycles. The normalized spacial score (nSPS) is 12.0. The summed E-state index contributed by atoms with van der Waals surface area (Å²) in [5.74, 6) is 1.01. The van der Waals surface area contributed by atoms with Crippen LogP contribution in [0.1, 0.15) is 6.92 Å². The van der Waals surface area contributed by atoms with E-state index in [9.17, 15) is 0 Å². The molecule has 2 nitrogen and oxygen atoms in total. The van der Waals surface area contributed by atoms with Gasteiger partial charge in [0.05, 0.1) is 11.0 Å². The summed E-state index contributed by atoms with van der Waals surface area (Å²) < 4.78 is 2.31. The lowest BCUT2D eigenvalue weighted by Crippen LogP contribution is -1.97. The monoisotopic (exact) mass is 724 g/mol. The molecule has 0 unspecified atom stereocenters. The lowest BCUT2D eigenvalue weighted by Gasteiger charge is -2.19. The Labute approximate surface area is 329 Å². The van der Waals surface area contributed by atoms with Crippen LogP contribution in [0, 0.1) is 0 Å². The molecule has 12 rings (SSSR count). The highest BCUT2D eigenvalue weighted by molar-refractivity contribution is 6.34. The largest absolute Gasteiger partial charge is 0.324 e. The van der Waals surface area contributed by atoms with Gasteiger partial charge in [0.25, 0.3) is 0 Å². The molecule has 0 atom stereocenters. The third kappa shape index (κ3) is 4.68. The zero-order chi connectivity index (χ0) is 37.6. The van der Waals surface area contributed by atoms with Gasteiger partial charge in [-0.1, -0.05) is 164 Å². The fourth-order valence-electron chi connectivity index (χ4n) is 9.88. The second-order valence-corrected chi connectivity index (χ2v) is 15.3. The van der Waals surface area contributed by atoms with Crippen molar-refractivity contribution in [1.82, 2.24) is 9.55 Å². The van der Waals surface area contributed by atoms with Crippen LogP contribution in [0.5, 0.6) is 0 Å². The summed E-state index contributed by atoms with van der Waals surface area (Å²) in [5.41, 5.74) is 8.27. The number of hydrogen-bond donors (Lipinski definition) is 0. The van der Waals surface area contributed by atoms with Crippen LogP contribution in [0.25, 0.3) is 120 Å². The lowest BCUT2D eigenvalue weighted by molar-refractivity contribution is 0.796. The molecule has 0 saturated carbocycles. The average Bonchev–Trinajstić information content (AvgIpc) is 3.66. The molecule has 0 bridgehead atoms. The molecule has 0 spiro atoms. The second kappa shape index (κ2) is 12.4. The molecule has 0 fully saturated rings. The third-order valence-electron chi connectivity index (χ3n) is 12.3. The highest BCUT2D eigenvalue weighted by Gasteiger charge is 2.20. The Morgan fingerprint density at radius 1 is 0.368 bits per heavy atom. The number of aryl methyl sites for hydroxylation is 1. The third-order valence-corrected chi connectivity index (χ3v) is 12.3. The minimum absolute atomic E-state index is 0.862. The van der Waals surface area contributed by atoms with Gasteiger partial charge in [-0.05, 0) is 129 Å². The van der Waals surface area contributed by atoms with Crippen LogP contribution in [0.3, 0.4) is 0 Å². The molecule has 0 amide bonds. The number of rotatable bonds is 4. The van der Waals surface area contributed by atoms with Crippen molar-refractivity contribution < 1.29 is 0 Å². The van der Waals surface area contributed by atoms with Crippen molar-refractivity contribution >= 4 is 86.4 Å². The molecular weight excluding hydrogens is 689 g/mol. The molecule has 0 aliphatic rings. The van der Waals surface area contributed by atoms with Crippen LogP contribution in [0.4, 0.5) is 0 Å². The Balaban J connectivity index is 1.15. The zero-order valence-electron chi connectivity index (χ0n) is 31.5. The standard InChI is InChI=1S/C55H36N2/c1-2-57-50-25-12-11-24-49(50)56-55(57)36-29-26-35(27-30-36)51-44-19-7-9-21-46(44)52(47-22-10-8-20-45(47)51)38-32-37-31-28-34-14-13-23-43-41-17-5-3-15-39(41)40-16-4-6-18-42(40)48(33-38)54(37)53(34)43/h3-33H,2H2,1H3. The molecule has 266 valence electrons. The number of hydrogen-bond acceptors (Lipinski definition) is 1. The van der Waals surface area contributed by atoms with Gasteiger partial charge in [-0.3, -0.25) is 0 Å². The van der Waals surface area contributed by atoms with Crippen molar-refractivity contribution in [2.75, 3.05) is 0 Å². The van der Waals surface area contributed by atoms with E-state index in [1.54, 1.807) is 0 Å². The summed E-state index contributed by atoms with van der Waals surface area (Å²) in [6.45, 7) is 3.05. The first-order valence-electron chi connectivity index (χ1n) is 19.9. The summed E-state index contributed by atoms with van der Waals surface area (Å²) in [6.07, 6.45) is 0. The maximum absolute atomic E-state index is 5.06. The Bertz CT molecular complexity index is 3550. The summed E-state index contributed by atoms with van der Waals surface area (Å²) in [6, 6.07) is 69.7.